The SMILES string of the molecule is CNc1ncc2cc(-c3c(C)ccc4c(Nc5cncc(C(F)(F)F)c5)nn(C)c34)ccc2n1. The Hall–Kier alpha value is -4.21. The third-order valence-corrected chi connectivity index (χ3v) is 5.64. The number of aromatic nitrogens is 5. The second-order valence-corrected chi connectivity index (χ2v) is 7.93. The van der Waals surface area contributed by atoms with Gasteiger partial charge in [-0.25, -0.2) is 9.97 Å². The van der Waals surface area contributed by atoms with Gasteiger partial charge in [0.1, 0.15) is 0 Å². The van der Waals surface area contributed by atoms with Gasteiger partial charge in [-0.15, -0.1) is 0 Å². The van der Waals surface area contributed by atoms with Gasteiger partial charge in [0.2, 0.25) is 5.95 Å². The quantitative estimate of drug-likeness (QED) is 0.356. The topological polar surface area (TPSA) is 80.5 Å². The van der Waals surface area contributed by atoms with Crippen molar-refractivity contribution in [3.8, 4) is 11.1 Å². The van der Waals surface area contributed by atoms with Gasteiger partial charge in [-0.05, 0) is 42.3 Å². The van der Waals surface area contributed by atoms with Crippen molar-refractivity contribution < 1.29 is 13.2 Å². The molecule has 5 rings (SSSR count). The molecule has 0 bridgehead atoms. The minimum absolute atomic E-state index is 0.208. The lowest BCUT2D eigenvalue weighted by Crippen LogP contribution is -2.06. The molecule has 0 fully saturated rings. The summed E-state index contributed by atoms with van der Waals surface area (Å²) in [5.41, 5.74) is 4.03. The van der Waals surface area contributed by atoms with Crippen molar-refractivity contribution in [1.82, 2.24) is 24.7 Å². The Morgan fingerprint density at radius 1 is 1.00 bits per heavy atom. The predicted octanol–water partition coefficient (Wildman–Crippen LogP) is 5.69. The zero-order chi connectivity index (χ0) is 24.0. The van der Waals surface area contributed by atoms with Gasteiger partial charge in [0.05, 0.1) is 28.5 Å². The fraction of sp³-hybridized carbons (Fsp3) is 0.167. The first-order chi connectivity index (χ1) is 16.2. The Bertz CT molecular complexity index is 1540. The smallest absolute Gasteiger partial charge is 0.357 e. The minimum Gasteiger partial charge on any atom is -0.357 e. The molecule has 0 aliphatic carbocycles. The summed E-state index contributed by atoms with van der Waals surface area (Å²) in [6, 6.07) is 10.9. The highest BCUT2D eigenvalue weighted by Gasteiger charge is 2.31. The number of fused-ring (bicyclic) bond motifs is 2. The highest BCUT2D eigenvalue weighted by molar-refractivity contribution is 6.03. The highest BCUT2D eigenvalue weighted by Crippen LogP contribution is 2.37. The fourth-order valence-corrected chi connectivity index (χ4v) is 4.04. The van der Waals surface area contributed by atoms with Gasteiger partial charge >= 0.3 is 6.18 Å². The van der Waals surface area contributed by atoms with Crippen molar-refractivity contribution in [2.75, 3.05) is 17.7 Å². The molecule has 0 spiro atoms. The van der Waals surface area contributed by atoms with Gasteiger partial charge in [-0.1, -0.05) is 12.1 Å². The Morgan fingerprint density at radius 2 is 1.82 bits per heavy atom. The molecule has 10 heteroatoms. The molecule has 0 amide bonds. The fourth-order valence-electron chi connectivity index (χ4n) is 4.04. The number of aryl methyl sites for hydroxylation is 2. The van der Waals surface area contributed by atoms with Gasteiger partial charge in [-0.2, -0.15) is 18.3 Å². The second kappa shape index (κ2) is 7.98. The Kier molecular flexibility index (Phi) is 5.07. The first-order valence-electron chi connectivity index (χ1n) is 10.4. The van der Waals surface area contributed by atoms with Gasteiger partial charge in [0.15, 0.2) is 5.82 Å². The summed E-state index contributed by atoms with van der Waals surface area (Å²) in [6.45, 7) is 2.01. The molecule has 0 saturated carbocycles. The number of hydrogen-bond donors (Lipinski definition) is 2. The number of nitrogens with one attached hydrogen (secondary N) is 2. The minimum atomic E-state index is -4.48. The van der Waals surface area contributed by atoms with Crippen LogP contribution in [0.4, 0.5) is 30.6 Å². The van der Waals surface area contributed by atoms with Crippen LogP contribution < -0.4 is 10.6 Å². The Balaban J connectivity index is 1.61. The third-order valence-electron chi connectivity index (χ3n) is 5.64. The van der Waals surface area contributed by atoms with E-state index in [0.29, 0.717) is 11.8 Å². The molecular formula is C24H20F3N7. The van der Waals surface area contributed by atoms with Crippen LogP contribution >= 0.6 is 0 Å². The van der Waals surface area contributed by atoms with Crippen LogP contribution in [0, 0.1) is 6.92 Å². The van der Waals surface area contributed by atoms with E-state index in [9.17, 15) is 13.2 Å². The van der Waals surface area contributed by atoms with Crippen LogP contribution in [0.25, 0.3) is 32.9 Å². The van der Waals surface area contributed by atoms with E-state index < -0.39 is 11.7 Å². The summed E-state index contributed by atoms with van der Waals surface area (Å²) >= 11 is 0. The van der Waals surface area contributed by atoms with E-state index in [-0.39, 0.29) is 5.69 Å². The third kappa shape index (κ3) is 3.76. The molecule has 5 aromatic rings. The molecule has 0 aliphatic rings. The van der Waals surface area contributed by atoms with Crippen molar-refractivity contribution in [2.24, 2.45) is 7.05 Å². The van der Waals surface area contributed by atoms with E-state index in [0.717, 1.165) is 50.8 Å². The first-order valence-corrected chi connectivity index (χ1v) is 10.4. The molecule has 172 valence electrons. The number of anilines is 3. The van der Waals surface area contributed by atoms with E-state index in [1.165, 1.54) is 6.20 Å². The normalized spacial score (nSPS) is 11.8. The lowest BCUT2D eigenvalue weighted by atomic mass is 9.96. The number of pyridine rings is 1. The van der Waals surface area contributed by atoms with E-state index in [4.69, 9.17) is 0 Å². The molecule has 0 saturated heterocycles. The number of rotatable bonds is 4. The Labute approximate surface area is 192 Å². The van der Waals surface area contributed by atoms with Crippen LogP contribution in [0.3, 0.4) is 0 Å². The first kappa shape index (κ1) is 21.6. The maximum atomic E-state index is 13.1. The molecule has 0 unspecified atom stereocenters. The number of hydrogen-bond acceptors (Lipinski definition) is 6. The summed E-state index contributed by atoms with van der Waals surface area (Å²) in [5, 5.41) is 12.2. The highest BCUT2D eigenvalue weighted by atomic mass is 19.4. The van der Waals surface area contributed by atoms with E-state index >= 15 is 0 Å². The van der Waals surface area contributed by atoms with E-state index in [2.05, 4.69) is 30.7 Å². The van der Waals surface area contributed by atoms with Crippen molar-refractivity contribution in [1.29, 1.82) is 0 Å². The van der Waals surface area contributed by atoms with Crippen LogP contribution in [0.5, 0.6) is 0 Å². The van der Waals surface area contributed by atoms with E-state index in [1.807, 2.05) is 44.3 Å². The molecule has 3 heterocycles. The van der Waals surface area contributed by atoms with Gasteiger partial charge in [0.25, 0.3) is 0 Å². The summed E-state index contributed by atoms with van der Waals surface area (Å²) in [7, 11) is 3.58. The standard InChI is InChI=1S/C24H20F3N7/c1-13-4-6-18-21(20(13)14-5-7-19-15(8-14)10-30-23(28-2)32-19)34(3)33-22(18)31-17-9-16(11-29-12-17)24(25,26)27/h4-12H,1-3H3,(H,31,33)(H,28,30,32). The van der Waals surface area contributed by atoms with Gasteiger partial charge < -0.3 is 10.6 Å². The molecule has 0 atom stereocenters. The van der Waals surface area contributed by atoms with Crippen molar-refractivity contribution in [2.45, 2.75) is 13.1 Å². The predicted molar refractivity (Wildman–Crippen MR) is 126 cm³/mol. The molecule has 34 heavy (non-hydrogen) atoms. The summed E-state index contributed by atoms with van der Waals surface area (Å²) in [6.07, 6.45) is -0.571. The van der Waals surface area contributed by atoms with Gasteiger partial charge in [-0.3, -0.25) is 9.67 Å². The summed E-state index contributed by atoms with van der Waals surface area (Å²) in [4.78, 5) is 12.5. The van der Waals surface area contributed by atoms with Crippen LogP contribution in [0.2, 0.25) is 0 Å². The zero-order valence-corrected chi connectivity index (χ0v) is 18.6. The molecule has 7 nitrogen and oxygen atoms in total. The molecule has 3 aromatic heterocycles. The van der Waals surface area contributed by atoms with Crippen molar-refractivity contribution in [3.05, 3.63) is 66.1 Å². The molecule has 2 N–H and O–H groups in total. The Morgan fingerprint density at radius 3 is 2.59 bits per heavy atom. The second-order valence-electron chi connectivity index (χ2n) is 7.93. The molecule has 2 aromatic carbocycles. The van der Waals surface area contributed by atoms with Crippen LogP contribution in [-0.4, -0.2) is 31.8 Å². The average Bonchev–Trinajstić information content (AvgIpc) is 3.13. The van der Waals surface area contributed by atoms with Crippen LogP contribution in [-0.2, 0) is 13.2 Å². The van der Waals surface area contributed by atoms with Crippen LogP contribution in [0.15, 0.2) is 55.0 Å². The monoisotopic (exact) mass is 463 g/mol. The largest absolute Gasteiger partial charge is 0.417 e. The van der Waals surface area contributed by atoms with E-state index in [1.54, 1.807) is 17.9 Å². The molecular weight excluding hydrogens is 443 g/mol. The number of benzene rings is 2. The lowest BCUT2D eigenvalue weighted by Gasteiger charge is -2.11. The zero-order valence-electron chi connectivity index (χ0n) is 18.6. The number of alkyl halides is 3. The summed E-state index contributed by atoms with van der Waals surface area (Å²) in [5.74, 6) is 0.993. The van der Waals surface area contributed by atoms with Crippen molar-refractivity contribution >= 4 is 39.3 Å². The molecule has 0 radical (unpaired) electrons. The van der Waals surface area contributed by atoms with Crippen molar-refractivity contribution in [3.63, 3.8) is 0 Å². The lowest BCUT2D eigenvalue weighted by molar-refractivity contribution is -0.137. The van der Waals surface area contributed by atoms with Crippen LogP contribution in [0.1, 0.15) is 11.1 Å². The molecule has 0 aliphatic heterocycles. The summed E-state index contributed by atoms with van der Waals surface area (Å²) < 4.78 is 41.0. The van der Waals surface area contributed by atoms with Gasteiger partial charge in [0, 0.05) is 42.8 Å². The number of halogens is 3. The average molecular weight is 463 g/mol. The number of nitrogens with zero attached hydrogens (tertiary/aromatic N) is 5. The maximum absolute atomic E-state index is 13.1. The maximum Gasteiger partial charge on any atom is 0.417 e.